The fourth-order valence-electron chi connectivity index (χ4n) is 0.985. The van der Waals surface area contributed by atoms with E-state index < -0.39 is 0 Å². The van der Waals surface area contributed by atoms with Crippen LogP contribution in [0.4, 0.5) is 0 Å². The van der Waals surface area contributed by atoms with Gasteiger partial charge in [-0.3, -0.25) is 4.79 Å². The largest absolute Gasteiger partial charge is 0.352 e. The number of amides is 1. The van der Waals surface area contributed by atoms with E-state index in [1.807, 2.05) is 17.7 Å². The van der Waals surface area contributed by atoms with Crippen molar-refractivity contribution >= 4 is 17.2 Å². The second kappa shape index (κ2) is 4.42. The van der Waals surface area contributed by atoms with Gasteiger partial charge in [-0.1, -0.05) is 13.8 Å². The first-order valence-electron chi connectivity index (χ1n) is 4.42. The average Bonchev–Trinajstić information content (AvgIpc) is 2.47. The smallest absolute Gasteiger partial charge is 0.252 e. The molecule has 72 valence electrons. The Balaban J connectivity index is 2.54. The molecule has 0 aliphatic carbocycles. The summed E-state index contributed by atoms with van der Waals surface area (Å²) in [6.07, 6.45) is 0. The highest BCUT2D eigenvalue weighted by Gasteiger charge is 2.08. The van der Waals surface area contributed by atoms with Gasteiger partial charge in [-0.2, -0.15) is 11.3 Å². The van der Waals surface area contributed by atoms with E-state index in [0.717, 1.165) is 17.7 Å². The molecule has 1 rings (SSSR count). The van der Waals surface area contributed by atoms with Gasteiger partial charge < -0.3 is 5.32 Å². The fraction of sp³-hybridized carbons (Fsp3) is 0.500. The van der Waals surface area contributed by atoms with E-state index in [0.29, 0.717) is 5.92 Å². The standard InChI is InChI=1S/C10H15NOS/c1-7(2)4-11-10(12)9-6-13-5-8(9)3/h5-7H,4H2,1-3H3,(H,11,12). The molecule has 0 saturated heterocycles. The average molecular weight is 197 g/mol. The molecule has 13 heavy (non-hydrogen) atoms. The SMILES string of the molecule is Cc1cscc1C(=O)NCC(C)C. The van der Waals surface area contributed by atoms with Crippen molar-refractivity contribution in [1.82, 2.24) is 5.32 Å². The van der Waals surface area contributed by atoms with Crippen LogP contribution in [0.15, 0.2) is 10.8 Å². The number of hydrogen-bond acceptors (Lipinski definition) is 2. The van der Waals surface area contributed by atoms with Crippen molar-refractivity contribution in [3.8, 4) is 0 Å². The first kappa shape index (κ1) is 10.3. The molecule has 0 unspecified atom stereocenters. The van der Waals surface area contributed by atoms with Crippen molar-refractivity contribution < 1.29 is 4.79 Å². The van der Waals surface area contributed by atoms with Gasteiger partial charge in [0, 0.05) is 11.9 Å². The third-order valence-electron chi connectivity index (χ3n) is 1.77. The number of nitrogens with one attached hydrogen (secondary N) is 1. The zero-order valence-electron chi connectivity index (χ0n) is 8.26. The monoisotopic (exact) mass is 197 g/mol. The van der Waals surface area contributed by atoms with Crippen molar-refractivity contribution in [2.24, 2.45) is 5.92 Å². The Morgan fingerprint density at radius 1 is 1.54 bits per heavy atom. The molecule has 0 aliphatic rings. The minimum Gasteiger partial charge on any atom is -0.352 e. The second-order valence-corrected chi connectivity index (χ2v) is 4.32. The molecule has 0 aliphatic heterocycles. The third kappa shape index (κ3) is 2.84. The lowest BCUT2D eigenvalue weighted by Crippen LogP contribution is -2.27. The lowest BCUT2D eigenvalue weighted by atomic mass is 10.2. The van der Waals surface area contributed by atoms with Gasteiger partial charge in [0.1, 0.15) is 0 Å². The quantitative estimate of drug-likeness (QED) is 0.792. The van der Waals surface area contributed by atoms with Crippen LogP contribution < -0.4 is 5.32 Å². The van der Waals surface area contributed by atoms with Crippen LogP contribution in [0.25, 0.3) is 0 Å². The summed E-state index contributed by atoms with van der Waals surface area (Å²) in [5.74, 6) is 0.551. The second-order valence-electron chi connectivity index (χ2n) is 3.57. The number of hydrogen-bond donors (Lipinski definition) is 1. The molecule has 0 radical (unpaired) electrons. The number of aryl methyl sites for hydroxylation is 1. The summed E-state index contributed by atoms with van der Waals surface area (Å²) in [6, 6.07) is 0. The molecule has 1 N–H and O–H groups in total. The van der Waals surface area contributed by atoms with Gasteiger partial charge in [-0.25, -0.2) is 0 Å². The number of carbonyl (C=O) groups is 1. The normalized spacial score (nSPS) is 10.5. The Kier molecular flexibility index (Phi) is 3.48. The molecule has 0 spiro atoms. The van der Waals surface area contributed by atoms with Crippen LogP contribution in [0.5, 0.6) is 0 Å². The molecule has 1 amide bonds. The maximum absolute atomic E-state index is 11.5. The summed E-state index contributed by atoms with van der Waals surface area (Å²) in [4.78, 5) is 11.5. The Labute approximate surface area is 83.0 Å². The molecular formula is C10H15NOS. The highest BCUT2D eigenvalue weighted by Crippen LogP contribution is 2.13. The van der Waals surface area contributed by atoms with E-state index >= 15 is 0 Å². The van der Waals surface area contributed by atoms with E-state index in [9.17, 15) is 4.79 Å². The summed E-state index contributed by atoms with van der Waals surface area (Å²) in [7, 11) is 0. The van der Waals surface area contributed by atoms with Crippen molar-refractivity contribution in [3.05, 3.63) is 21.9 Å². The van der Waals surface area contributed by atoms with E-state index in [1.165, 1.54) is 0 Å². The zero-order chi connectivity index (χ0) is 9.84. The molecule has 1 heterocycles. The predicted octanol–water partition coefficient (Wildman–Crippen LogP) is 2.44. The fourth-order valence-corrected chi connectivity index (χ4v) is 1.81. The summed E-state index contributed by atoms with van der Waals surface area (Å²) in [5, 5.41) is 6.78. The van der Waals surface area contributed by atoms with Crippen LogP contribution in [0, 0.1) is 12.8 Å². The Hall–Kier alpha value is -0.830. The number of rotatable bonds is 3. The highest BCUT2D eigenvalue weighted by atomic mass is 32.1. The highest BCUT2D eigenvalue weighted by molar-refractivity contribution is 7.08. The first-order valence-corrected chi connectivity index (χ1v) is 5.36. The van der Waals surface area contributed by atoms with Gasteiger partial charge >= 0.3 is 0 Å². The topological polar surface area (TPSA) is 29.1 Å². The third-order valence-corrected chi connectivity index (χ3v) is 2.63. The Morgan fingerprint density at radius 3 is 2.69 bits per heavy atom. The van der Waals surface area contributed by atoms with Crippen molar-refractivity contribution in [1.29, 1.82) is 0 Å². The van der Waals surface area contributed by atoms with Gasteiger partial charge in [0.2, 0.25) is 0 Å². The van der Waals surface area contributed by atoms with Crippen LogP contribution in [0.1, 0.15) is 29.8 Å². The molecule has 3 heteroatoms. The van der Waals surface area contributed by atoms with Crippen molar-refractivity contribution in [2.45, 2.75) is 20.8 Å². The Bertz CT molecular complexity index is 291. The molecule has 0 fully saturated rings. The molecule has 0 aromatic carbocycles. The Morgan fingerprint density at radius 2 is 2.23 bits per heavy atom. The minimum absolute atomic E-state index is 0.0486. The summed E-state index contributed by atoms with van der Waals surface area (Å²) in [6.45, 7) is 6.87. The predicted molar refractivity (Wildman–Crippen MR) is 56.2 cm³/mol. The molecule has 1 aromatic rings. The lowest BCUT2D eigenvalue weighted by molar-refractivity contribution is 0.0949. The van der Waals surface area contributed by atoms with Crippen molar-refractivity contribution in [3.63, 3.8) is 0 Å². The first-order chi connectivity index (χ1) is 6.11. The van der Waals surface area contributed by atoms with Gasteiger partial charge in [0.15, 0.2) is 0 Å². The van der Waals surface area contributed by atoms with Crippen LogP contribution in [0.3, 0.4) is 0 Å². The maximum Gasteiger partial charge on any atom is 0.252 e. The molecule has 0 atom stereocenters. The van der Waals surface area contributed by atoms with Gasteiger partial charge in [0.25, 0.3) is 5.91 Å². The molecule has 2 nitrogen and oxygen atoms in total. The van der Waals surface area contributed by atoms with Crippen LogP contribution in [-0.2, 0) is 0 Å². The molecule has 1 aromatic heterocycles. The molecule has 0 bridgehead atoms. The van der Waals surface area contributed by atoms with Gasteiger partial charge in [-0.05, 0) is 23.8 Å². The van der Waals surface area contributed by atoms with Gasteiger partial charge in [-0.15, -0.1) is 0 Å². The van der Waals surface area contributed by atoms with E-state index in [4.69, 9.17) is 0 Å². The number of thiophene rings is 1. The van der Waals surface area contributed by atoms with Crippen LogP contribution in [0.2, 0.25) is 0 Å². The van der Waals surface area contributed by atoms with Crippen molar-refractivity contribution in [2.75, 3.05) is 6.54 Å². The lowest BCUT2D eigenvalue weighted by Gasteiger charge is -2.06. The van der Waals surface area contributed by atoms with Crippen LogP contribution >= 0.6 is 11.3 Å². The van der Waals surface area contributed by atoms with E-state index in [2.05, 4.69) is 19.2 Å². The van der Waals surface area contributed by atoms with E-state index in [-0.39, 0.29) is 5.91 Å². The maximum atomic E-state index is 11.5. The number of carbonyl (C=O) groups excluding carboxylic acids is 1. The molecular weight excluding hydrogens is 182 g/mol. The summed E-state index contributed by atoms with van der Waals surface area (Å²) in [5.41, 5.74) is 1.87. The van der Waals surface area contributed by atoms with E-state index in [1.54, 1.807) is 11.3 Å². The summed E-state index contributed by atoms with van der Waals surface area (Å²) >= 11 is 1.57. The minimum atomic E-state index is 0.0486. The van der Waals surface area contributed by atoms with Gasteiger partial charge in [0.05, 0.1) is 5.56 Å². The zero-order valence-corrected chi connectivity index (χ0v) is 9.07. The summed E-state index contributed by atoms with van der Waals surface area (Å²) < 4.78 is 0. The molecule has 0 saturated carbocycles. The van der Waals surface area contributed by atoms with Crippen LogP contribution in [-0.4, -0.2) is 12.5 Å².